The van der Waals surface area contributed by atoms with Crippen LogP contribution >= 0.6 is 0 Å². The Kier molecular flexibility index (Phi) is 5.08. The number of nitro benzene ring substituents is 1. The zero-order chi connectivity index (χ0) is 15.9. The maximum absolute atomic E-state index is 10.9. The zero-order valence-corrected chi connectivity index (χ0v) is 12.4. The van der Waals surface area contributed by atoms with Crippen molar-refractivity contribution in [3.05, 3.63) is 64.2 Å². The predicted molar refractivity (Wildman–Crippen MR) is 86.5 cm³/mol. The van der Waals surface area contributed by atoms with Crippen molar-refractivity contribution in [1.29, 1.82) is 0 Å². The van der Waals surface area contributed by atoms with Crippen molar-refractivity contribution in [2.24, 2.45) is 5.10 Å². The molecule has 0 radical (unpaired) electrons. The van der Waals surface area contributed by atoms with Crippen LogP contribution in [-0.2, 0) is 0 Å². The van der Waals surface area contributed by atoms with Crippen LogP contribution in [0.4, 0.5) is 11.4 Å². The first kappa shape index (κ1) is 15.5. The van der Waals surface area contributed by atoms with Crippen molar-refractivity contribution in [2.75, 3.05) is 12.0 Å². The number of rotatable bonds is 6. The molecule has 0 bridgehead atoms. The van der Waals surface area contributed by atoms with Gasteiger partial charge in [-0.05, 0) is 49.7 Å². The number of hydrogen-bond donors (Lipinski definition) is 1. The molecule has 0 saturated heterocycles. The first-order chi connectivity index (χ1) is 10.6. The SMILES string of the molecule is CCOc1ccc(/C(C)=N\Nc2ccccc2[N+](=O)[O-])cc1. The molecule has 1 N–H and O–H groups in total. The summed E-state index contributed by atoms with van der Waals surface area (Å²) in [4.78, 5) is 10.5. The van der Waals surface area contributed by atoms with Gasteiger partial charge in [0.1, 0.15) is 11.4 Å². The summed E-state index contributed by atoms with van der Waals surface area (Å²) in [6, 6.07) is 13.9. The molecule has 0 heterocycles. The number of para-hydroxylation sites is 2. The molecule has 0 spiro atoms. The molecule has 114 valence electrons. The topological polar surface area (TPSA) is 76.8 Å². The smallest absolute Gasteiger partial charge is 0.294 e. The van der Waals surface area contributed by atoms with Crippen LogP contribution in [0, 0.1) is 10.1 Å². The van der Waals surface area contributed by atoms with E-state index < -0.39 is 4.92 Å². The molecule has 0 aliphatic heterocycles. The lowest BCUT2D eigenvalue weighted by Gasteiger charge is -2.06. The van der Waals surface area contributed by atoms with Gasteiger partial charge < -0.3 is 4.74 Å². The molecular formula is C16H17N3O3. The van der Waals surface area contributed by atoms with Crippen LogP contribution in [0.25, 0.3) is 0 Å². The average molecular weight is 299 g/mol. The van der Waals surface area contributed by atoms with Crippen molar-refractivity contribution in [1.82, 2.24) is 0 Å². The number of anilines is 1. The Bertz CT molecular complexity index is 681. The highest BCUT2D eigenvalue weighted by Crippen LogP contribution is 2.23. The molecule has 0 saturated carbocycles. The minimum Gasteiger partial charge on any atom is -0.494 e. The number of nitrogens with zero attached hydrogens (tertiary/aromatic N) is 2. The normalized spacial score (nSPS) is 11.1. The van der Waals surface area contributed by atoms with Gasteiger partial charge >= 0.3 is 0 Å². The summed E-state index contributed by atoms with van der Waals surface area (Å²) in [5.74, 6) is 0.797. The lowest BCUT2D eigenvalue weighted by Crippen LogP contribution is -2.02. The fourth-order valence-corrected chi connectivity index (χ4v) is 1.90. The minimum absolute atomic E-state index is 0.00857. The number of ether oxygens (including phenoxy) is 1. The maximum Gasteiger partial charge on any atom is 0.294 e. The van der Waals surface area contributed by atoms with Gasteiger partial charge in [-0.3, -0.25) is 15.5 Å². The quantitative estimate of drug-likeness (QED) is 0.499. The number of nitro groups is 1. The highest BCUT2D eigenvalue weighted by atomic mass is 16.6. The van der Waals surface area contributed by atoms with Gasteiger partial charge in [0.05, 0.1) is 17.2 Å². The van der Waals surface area contributed by atoms with E-state index in [1.165, 1.54) is 6.07 Å². The van der Waals surface area contributed by atoms with Crippen molar-refractivity contribution < 1.29 is 9.66 Å². The molecule has 2 rings (SSSR count). The number of benzene rings is 2. The second kappa shape index (κ2) is 7.21. The van der Waals surface area contributed by atoms with E-state index in [4.69, 9.17) is 4.74 Å². The van der Waals surface area contributed by atoms with Gasteiger partial charge in [-0.25, -0.2) is 0 Å². The highest BCUT2D eigenvalue weighted by Gasteiger charge is 2.11. The first-order valence-corrected chi connectivity index (χ1v) is 6.88. The molecule has 0 amide bonds. The molecule has 2 aromatic carbocycles. The molecule has 0 fully saturated rings. The molecule has 0 aromatic heterocycles. The van der Waals surface area contributed by atoms with Crippen LogP contribution < -0.4 is 10.2 Å². The standard InChI is InChI=1S/C16H17N3O3/c1-3-22-14-10-8-13(9-11-14)12(2)17-18-15-6-4-5-7-16(15)19(20)21/h4-11,18H,3H2,1-2H3/b17-12-. The van der Waals surface area contributed by atoms with E-state index in [9.17, 15) is 10.1 Å². The molecule has 6 heteroatoms. The Morgan fingerprint density at radius 1 is 1.23 bits per heavy atom. The minimum atomic E-state index is -0.440. The Morgan fingerprint density at radius 2 is 1.91 bits per heavy atom. The number of hydrazone groups is 1. The van der Waals surface area contributed by atoms with Crippen molar-refractivity contribution >= 4 is 17.1 Å². The van der Waals surface area contributed by atoms with Crippen LogP contribution in [0.15, 0.2) is 53.6 Å². The van der Waals surface area contributed by atoms with E-state index >= 15 is 0 Å². The van der Waals surface area contributed by atoms with Gasteiger partial charge in [0, 0.05) is 6.07 Å². The third-order valence-corrected chi connectivity index (χ3v) is 3.03. The highest BCUT2D eigenvalue weighted by molar-refractivity contribution is 5.99. The Labute approximate surface area is 128 Å². The van der Waals surface area contributed by atoms with Crippen molar-refractivity contribution in [2.45, 2.75) is 13.8 Å². The van der Waals surface area contributed by atoms with E-state index in [0.29, 0.717) is 12.3 Å². The Balaban J connectivity index is 2.14. The van der Waals surface area contributed by atoms with Crippen LogP contribution in [0.3, 0.4) is 0 Å². The van der Waals surface area contributed by atoms with Crippen LogP contribution in [-0.4, -0.2) is 17.2 Å². The molecule has 2 aromatic rings. The van der Waals surface area contributed by atoms with Crippen LogP contribution in [0.5, 0.6) is 5.75 Å². The van der Waals surface area contributed by atoms with E-state index in [1.54, 1.807) is 18.2 Å². The molecule has 0 aliphatic carbocycles. The molecule has 6 nitrogen and oxygen atoms in total. The summed E-state index contributed by atoms with van der Waals surface area (Å²) in [5, 5.41) is 15.1. The maximum atomic E-state index is 10.9. The molecule has 0 aliphatic rings. The summed E-state index contributed by atoms with van der Waals surface area (Å²) in [6.45, 7) is 4.38. The lowest BCUT2D eigenvalue weighted by molar-refractivity contribution is -0.384. The van der Waals surface area contributed by atoms with E-state index in [1.807, 2.05) is 38.1 Å². The van der Waals surface area contributed by atoms with Gasteiger partial charge in [0.2, 0.25) is 0 Å². The van der Waals surface area contributed by atoms with Gasteiger partial charge in [-0.1, -0.05) is 12.1 Å². The molecule has 0 atom stereocenters. The van der Waals surface area contributed by atoms with Gasteiger partial charge in [0.25, 0.3) is 5.69 Å². The fraction of sp³-hybridized carbons (Fsp3) is 0.188. The number of hydrogen-bond acceptors (Lipinski definition) is 5. The monoisotopic (exact) mass is 299 g/mol. The van der Waals surface area contributed by atoms with Gasteiger partial charge in [-0.15, -0.1) is 0 Å². The third-order valence-electron chi connectivity index (χ3n) is 3.03. The Morgan fingerprint density at radius 3 is 2.55 bits per heavy atom. The second-order valence-corrected chi connectivity index (χ2v) is 4.54. The molecule has 0 unspecified atom stereocenters. The first-order valence-electron chi connectivity index (χ1n) is 6.88. The second-order valence-electron chi connectivity index (χ2n) is 4.54. The number of nitrogens with one attached hydrogen (secondary N) is 1. The van der Waals surface area contributed by atoms with E-state index in [-0.39, 0.29) is 5.69 Å². The summed E-state index contributed by atoms with van der Waals surface area (Å²) in [6.07, 6.45) is 0. The van der Waals surface area contributed by atoms with Crippen LogP contribution in [0.2, 0.25) is 0 Å². The van der Waals surface area contributed by atoms with Gasteiger partial charge in [0.15, 0.2) is 0 Å². The summed E-state index contributed by atoms with van der Waals surface area (Å²) in [5.41, 5.74) is 4.73. The van der Waals surface area contributed by atoms with Crippen LogP contribution in [0.1, 0.15) is 19.4 Å². The zero-order valence-electron chi connectivity index (χ0n) is 12.4. The fourth-order valence-electron chi connectivity index (χ4n) is 1.90. The third kappa shape index (κ3) is 3.82. The van der Waals surface area contributed by atoms with Crippen molar-refractivity contribution in [3.8, 4) is 5.75 Å². The molecular weight excluding hydrogens is 282 g/mol. The molecule has 22 heavy (non-hydrogen) atoms. The van der Waals surface area contributed by atoms with Gasteiger partial charge in [-0.2, -0.15) is 5.10 Å². The summed E-state index contributed by atoms with van der Waals surface area (Å²) in [7, 11) is 0. The van der Waals surface area contributed by atoms with E-state index in [0.717, 1.165) is 17.0 Å². The lowest BCUT2D eigenvalue weighted by atomic mass is 10.1. The largest absolute Gasteiger partial charge is 0.494 e. The predicted octanol–water partition coefficient (Wildman–Crippen LogP) is 3.83. The van der Waals surface area contributed by atoms with Crippen molar-refractivity contribution in [3.63, 3.8) is 0 Å². The summed E-state index contributed by atoms with van der Waals surface area (Å²) >= 11 is 0. The summed E-state index contributed by atoms with van der Waals surface area (Å²) < 4.78 is 5.38. The average Bonchev–Trinajstić information content (AvgIpc) is 2.54. The van der Waals surface area contributed by atoms with E-state index in [2.05, 4.69) is 10.5 Å². The Hall–Kier alpha value is -2.89.